The van der Waals surface area contributed by atoms with Gasteiger partial charge in [0.15, 0.2) is 5.52 Å². The fourth-order valence-corrected chi connectivity index (χ4v) is 3.86. The van der Waals surface area contributed by atoms with Gasteiger partial charge in [-0.3, -0.25) is 14.5 Å². The number of hydrogen-bond acceptors (Lipinski definition) is 7. The van der Waals surface area contributed by atoms with Crippen molar-refractivity contribution in [2.45, 2.75) is 0 Å². The lowest BCUT2D eigenvalue weighted by Gasteiger charge is -2.14. The maximum absolute atomic E-state index is 13.8. The van der Waals surface area contributed by atoms with Gasteiger partial charge in [0, 0.05) is 5.56 Å². The number of halogens is 1. The van der Waals surface area contributed by atoms with Gasteiger partial charge in [0.05, 0.1) is 10.6 Å². The number of carbonyl (C=O) groups excluding carboxylic acids is 2. The summed E-state index contributed by atoms with van der Waals surface area (Å²) in [6, 6.07) is 11.1. The first-order chi connectivity index (χ1) is 13.5. The van der Waals surface area contributed by atoms with Crippen molar-refractivity contribution in [3.8, 4) is 0 Å². The number of nitrogens with zero attached hydrogens (tertiary/aromatic N) is 3. The predicted molar refractivity (Wildman–Crippen MR) is 107 cm³/mol. The molecular formula is C18H11FN4O3S2. The fraction of sp³-hybridized carbons (Fsp3) is 0.0556. The minimum atomic E-state index is -0.459. The third-order valence-corrected chi connectivity index (χ3v) is 5.31. The number of nitrogens with one attached hydrogen (secondary N) is 1. The average Bonchev–Trinajstić information content (AvgIpc) is 3.25. The van der Waals surface area contributed by atoms with Crippen molar-refractivity contribution in [1.29, 1.82) is 0 Å². The van der Waals surface area contributed by atoms with E-state index < -0.39 is 17.6 Å². The van der Waals surface area contributed by atoms with Crippen molar-refractivity contribution in [3.05, 3.63) is 58.8 Å². The fourth-order valence-electron chi connectivity index (χ4n) is 2.61. The first-order valence-electron chi connectivity index (χ1n) is 8.04. The molecule has 1 fully saturated rings. The quantitative estimate of drug-likeness (QED) is 0.518. The number of thioether (sulfide) groups is 1. The third-order valence-electron chi connectivity index (χ3n) is 3.93. The van der Waals surface area contributed by atoms with Crippen LogP contribution < -0.4 is 5.32 Å². The number of amides is 2. The summed E-state index contributed by atoms with van der Waals surface area (Å²) in [7, 11) is 0. The van der Waals surface area contributed by atoms with Crippen molar-refractivity contribution in [2.75, 3.05) is 11.9 Å². The van der Waals surface area contributed by atoms with Crippen LogP contribution in [-0.2, 0) is 9.59 Å². The Bertz CT molecular complexity index is 1140. The van der Waals surface area contributed by atoms with Gasteiger partial charge in [-0.1, -0.05) is 48.2 Å². The Labute approximate surface area is 167 Å². The molecule has 0 aliphatic carbocycles. The highest BCUT2D eigenvalue weighted by Gasteiger charge is 2.33. The largest absolute Gasteiger partial charge is 0.322 e. The van der Waals surface area contributed by atoms with E-state index in [2.05, 4.69) is 20.3 Å². The summed E-state index contributed by atoms with van der Waals surface area (Å²) >= 11 is 6.23. The summed E-state index contributed by atoms with van der Waals surface area (Å²) < 4.78 is 18.7. The SMILES string of the molecule is O=C(CN1C(=O)/C(=C/c2ccccc2F)SC1=S)Nc1cccc2nonc12. The Hall–Kier alpha value is -3.11. The molecule has 2 heterocycles. The summed E-state index contributed by atoms with van der Waals surface area (Å²) in [6.07, 6.45) is 1.42. The molecule has 0 atom stereocenters. The first kappa shape index (κ1) is 18.3. The Morgan fingerprint density at radius 1 is 1.25 bits per heavy atom. The number of thiocarbonyl (C=S) groups is 1. The molecule has 0 radical (unpaired) electrons. The number of aromatic nitrogens is 2. The maximum Gasteiger partial charge on any atom is 0.266 e. The van der Waals surface area contributed by atoms with Gasteiger partial charge in [-0.25, -0.2) is 9.02 Å². The van der Waals surface area contributed by atoms with E-state index in [9.17, 15) is 14.0 Å². The third kappa shape index (κ3) is 3.51. The highest BCUT2D eigenvalue weighted by Crippen LogP contribution is 2.33. The normalized spacial score (nSPS) is 15.6. The average molecular weight is 414 g/mol. The van der Waals surface area contributed by atoms with Crippen LogP contribution in [0.4, 0.5) is 10.1 Å². The van der Waals surface area contributed by atoms with Crippen LogP contribution in [0.25, 0.3) is 17.1 Å². The summed E-state index contributed by atoms with van der Waals surface area (Å²) in [5, 5.41) is 10.1. The standard InChI is InChI=1S/C18H11FN4O3S2/c19-11-5-2-1-4-10(11)8-14-17(25)23(18(27)28-14)9-15(24)20-12-6-3-7-13-16(12)22-26-21-13/h1-8H,9H2,(H,20,24)/b14-8-. The topological polar surface area (TPSA) is 88.3 Å². The number of carbonyl (C=O) groups is 2. The Balaban J connectivity index is 1.49. The van der Waals surface area contributed by atoms with Crippen LogP contribution in [-0.4, -0.2) is 37.9 Å². The van der Waals surface area contributed by atoms with E-state index in [0.29, 0.717) is 16.7 Å². The molecule has 28 heavy (non-hydrogen) atoms. The first-order valence-corrected chi connectivity index (χ1v) is 9.26. The lowest BCUT2D eigenvalue weighted by molar-refractivity contribution is -0.126. The second-order valence-electron chi connectivity index (χ2n) is 5.78. The summed E-state index contributed by atoms with van der Waals surface area (Å²) in [5.74, 6) is -1.35. The van der Waals surface area contributed by atoms with Crippen molar-refractivity contribution < 1.29 is 18.6 Å². The summed E-state index contributed by atoms with van der Waals surface area (Å²) in [4.78, 5) is 26.4. The zero-order chi connectivity index (χ0) is 19.7. The maximum atomic E-state index is 13.8. The van der Waals surface area contributed by atoms with Gasteiger partial charge in [0.25, 0.3) is 5.91 Å². The van der Waals surface area contributed by atoms with Gasteiger partial charge >= 0.3 is 0 Å². The summed E-state index contributed by atoms with van der Waals surface area (Å²) in [5.41, 5.74) is 1.59. The highest BCUT2D eigenvalue weighted by molar-refractivity contribution is 8.26. The second-order valence-corrected chi connectivity index (χ2v) is 7.45. The highest BCUT2D eigenvalue weighted by atomic mass is 32.2. The molecule has 1 N–H and O–H groups in total. The van der Waals surface area contributed by atoms with E-state index in [1.54, 1.807) is 36.4 Å². The van der Waals surface area contributed by atoms with Gasteiger partial charge in [-0.2, -0.15) is 0 Å². The van der Waals surface area contributed by atoms with Gasteiger partial charge < -0.3 is 5.32 Å². The van der Waals surface area contributed by atoms with Gasteiger partial charge in [0.2, 0.25) is 5.91 Å². The van der Waals surface area contributed by atoms with Crippen LogP contribution >= 0.6 is 24.0 Å². The van der Waals surface area contributed by atoms with Gasteiger partial charge in [-0.05, 0) is 34.6 Å². The number of benzene rings is 2. The molecule has 4 rings (SSSR count). The molecule has 2 amide bonds. The molecule has 7 nitrogen and oxygen atoms in total. The van der Waals surface area contributed by atoms with Crippen LogP contribution in [0.15, 0.2) is 52.0 Å². The molecular weight excluding hydrogens is 403 g/mol. The molecule has 0 spiro atoms. The molecule has 2 aromatic carbocycles. The van der Waals surface area contributed by atoms with E-state index >= 15 is 0 Å². The van der Waals surface area contributed by atoms with Crippen molar-refractivity contribution >= 4 is 62.9 Å². The molecule has 3 aromatic rings. The molecule has 10 heteroatoms. The van der Waals surface area contributed by atoms with E-state index in [0.717, 1.165) is 11.8 Å². The van der Waals surface area contributed by atoms with Crippen LogP contribution in [0, 0.1) is 5.82 Å². The monoisotopic (exact) mass is 414 g/mol. The van der Waals surface area contributed by atoms with Crippen LogP contribution in [0.2, 0.25) is 0 Å². The zero-order valence-electron chi connectivity index (χ0n) is 14.1. The Morgan fingerprint density at radius 2 is 2.07 bits per heavy atom. The van der Waals surface area contributed by atoms with E-state index in [4.69, 9.17) is 12.2 Å². The van der Waals surface area contributed by atoms with E-state index in [1.807, 2.05) is 0 Å². The molecule has 1 aliphatic heterocycles. The number of rotatable bonds is 4. The lowest BCUT2D eigenvalue weighted by Crippen LogP contribution is -2.36. The van der Waals surface area contributed by atoms with Crippen molar-refractivity contribution in [3.63, 3.8) is 0 Å². The van der Waals surface area contributed by atoms with Crippen LogP contribution in [0.5, 0.6) is 0 Å². The Morgan fingerprint density at radius 3 is 2.89 bits per heavy atom. The summed E-state index contributed by atoms with van der Waals surface area (Å²) in [6.45, 7) is -0.277. The van der Waals surface area contributed by atoms with Gasteiger partial charge in [-0.15, -0.1) is 0 Å². The molecule has 1 saturated heterocycles. The molecule has 0 bridgehead atoms. The van der Waals surface area contributed by atoms with E-state index in [-0.39, 0.29) is 21.3 Å². The number of anilines is 1. The Kier molecular flexibility index (Phi) is 4.88. The molecule has 0 saturated carbocycles. The van der Waals surface area contributed by atoms with Gasteiger partial charge in [0.1, 0.15) is 22.2 Å². The smallest absolute Gasteiger partial charge is 0.266 e. The number of fused-ring (bicyclic) bond motifs is 1. The molecule has 1 aromatic heterocycles. The van der Waals surface area contributed by atoms with Crippen molar-refractivity contribution in [2.24, 2.45) is 0 Å². The minimum absolute atomic E-state index is 0.226. The lowest BCUT2D eigenvalue weighted by atomic mass is 10.2. The van der Waals surface area contributed by atoms with Crippen LogP contribution in [0.1, 0.15) is 5.56 Å². The molecule has 1 aliphatic rings. The molecule has 0 unspecified atom stereocenters. The predicted octanol–water partition coefficient (Wildman–Crippen LogP) is 3.20. The van der Waals surface area contributed by atoms with E-state index in [1.165, 1.54) is 17.0 Å². The number of hydrogen-bond donors (Lipinski definition) is 1. The zero-order valence-corrected chi connectivity index (χ0v) is 15.7. The molecule has 140 valence electrons. The van der Waals surface area contributed by atoms with Crippen molar-refractivity contribution in [1.82, 2.24) is 15.2 Å². The minimum Gasteiger partial charge on any atom is -0.322 e. The second kappa shape index (κ2) is 7.49. The van der Waals surface area contributed by atoms with Crippen LogP contribution in [0.3, 0.4) is 0 Å².